The SMILES string of the molecule is CC(C)C(NC(=O)c1cnccn1)C(=O)NC(N)(C(=O)c1ccc(F)cc1)C(Cc1ccccc1)C1CNC1=O. The van der Waals surface area contributed by atoms with Crippen molar-refractivity contribution in [1.82, 2.24) is 25.9 Å². The van der Waals surface area contributed by atoms with Crippen LogP contribution in [0.15, 0.2) is 73.2 Å². The molecule has 4 atom stereocenters. The van der Waals surface area contributed by atoms with Crippen LogP contribution >= 0.6 is 0 Å². The fourth-order valence-electron chi connectivity index (χ4n) is 4.72. The van der Waals surface area contributed by atoms with E-state index in [4.69, 9.17) is 5.73 Å². The average Bonchev–Trinajstić information content (AvgIpc) is 2.95. The van der Waals surface area contributed by atoms with Crippen LogP contribution in [0.25, 0.3) is 0 Å². The molecular formula is C29H31FN6O4. The van der Waals surface area contributed by atoms with Crippen LogP contribution in [0.5, 0.6) is 0 Å². The van der Waals surface area contributed by atoms with Gasteiger partial charge in [0.15, 0.2) is 5.66 Å². The number of halogens is 1. The summed E-state index contributed by atoms with van der Waals surface area (Å²) >= 11 is 0. The number of nitrogens with two attached hydrogens (primary N) is 1. The lowest BCUT2D eigenvalue weighted by atomic mass is 9.71. The molecule has 0 aliphatic carbocycles. The molecule has 1 aliphatic rings. The lowest BCUT2D eigenvalue weighted by Crippen LogP contribution is -2.73. The fraction of sp³-hybridized carbons (Fsp3) is 0.310. The third kappa shape index (κ3) is 6.20. The molecule has 1 fully saturated rings. The number of β-lactam (4-membered cyclic amide) rings is 1. The Balaban J connectivity index is 1.72. The summed E-state index contributed by atoms with van der Waals surface area (Å²) in [5, 5.41) is 8.03. The van der Waals surface area contributed by atoms with E-state index in [1.165, 1.54) is 30.7 Å². The first-order valence-corrected chi connectivity index (χ1v) is 12.9. The lowest BCUT2D eigenvalue weighted by molar-refractivity contribution is -0.136. The molecule has 40 heavy (non-hydrogen) atoms. The molecule has 3 amide bonds. The molecule has 3 aromatic rings. The summed E-state index contributed by atoms with van der Waals surface area (Å²) in [5.41, 5.74) is 5.66. The van der Waals surface area contributed by atoms with Gasteiger partial charge < -0.3 is 21.7 Å². The van der Waals surface area contributed by atoms with Gasteiger partial charge in [0.2, 0.25) is 17.6 Å². The summed E-state index contributed by atoms with van der Waals surface area (Å²) in [4.78, 5) is 61.1. The molecule has 208 valence electrons. The first-order valence-electron chi connectivity index (χ1n) is 12.9. The zero-order valence-corrected chi connectivity index (χ0v) is 22.1. The molecule has 1 aliphatic heterocycles. The molecular weight excluding hydrogens is 515 g/mol. The van der Waals surface area contributed by atoms with Crippen LogP contribution in [0.3, 0.4) is 0 Å². The lowest BCUT2D eigenvalue weighted by Gasteiger charge is -2.44. The summed E-state index contributed by atoms with van der Waals surface area (Å²) < 4.78 is 13.7. The highest BCUT2D eigenvalue weighted by atomic mass is 19.1. The summed E-state index contributed by atoms with van der Waals surface area (Å²) in [6.45, 7) is 3.71. The maximum absolute atomic E-state index is 14.0. The number of rotatable bonds is 11. The number of aromatic nitrogens is 2. The maximum Gasteiger partial charge on any atom is 0.272 e. The molecule has 4 rings (SSSR count). The van der Waals surface area contributed by atoms with E-state index in [0.29, 0.717) is 0 Å². The predicted octanol–water partition coefficient (Wildman–Crippen LogP) is 1.63. The minimum absolute atomic E-state index is 0.00967. The number of carbonyl (C=O) groups is 4. The minimum Gasteiger partial charge on any atom is -0.355 e. The zero-order valence-electron chi connectivity index (χ0n) is 22.1. The molecule has 4 unspecified atom stereocenters. The van der Waals surface area contributed by atoms with Gasteiger partial charge in [-0.2, -0.15) is 0 Å². The van der Waals surface area contributed by atoms with Crippen LogP contribution in [0.4, 0.5) is 4.39 Å². The van der Waals surface area contributed by atoms with Crippen LogP contribution in [0.2, 0.25) is 0 Å². The van der Waals surface area contributed by atoms with Gasteiger partial charge in [-0.15, -0.1) is 0 Å². The molecule has 11 heteroatoms. The largest absolute Gasteiger partial charge is 0.355 e. The number of amides is 3. The van der Waals surface area contributed by atoms with Crippen molar-refractivity contribution >= 4 is 23.5 Å². The number of ketones is 1. The van der Waals surface area contributed by atoms with Crippen LogP contribution in [-0.2, 0) is 16.0 Å². The molecule has 1 saturated heterocycles. The Morgan fingerprint density at radius 1 is 1.10 bits per heavy atom. The van der Waals surface area contributed by atoms with Crippen molar-refractivity contribution in [2.24, 2.45) is 23.5 Å². The molecule has 0 radical (unpaired) electrons. The van der Waals surface area contributed by atoms with Gasteiger partial charge in [-0.1, -0.05) is 44.2 Å². The second-order valence-electron chi connectivity index (χ2n) is 10.1. The Kier molecular flexibility index (Phi) is 8.64. The summed E-state index contributed by atoms with van der Waals surface area (Å²) in [5.74, 6) is -4.84. The Labute approximate surface area is 231 Å². The first-order chi connectivity index (χ1) is 19.1. The number of Topliss-reactive ketones (excluding diaryl/α,β-unsaturated/α-hetero) is 1. The Morgan fingerprint density at radius 3 is 2.35 bits per heavy atom. The summed E-state index contributed by atoms with van der Waals surface area (Å²) in [6, 6.07) is 12.9. The molecule has 2 heterocycles. The van der Waals surface area contributed by atoms with Crippen LogP contribution < -0.4 is 21.7 Å². The number of hydrogen-bond acceptors (Lipinski definition) is 7. The van der Waals surface area contributed by atoms with E-state index < -0.39 is 52.9 Å². The van der Waals surface area contributed by atoms with Crippen molar-refractivity contribution in [2.45, 2.75) is 32.0 Å². The monoisotopic (exact) mass is 546 g/mol. The van der Waals surface area contributed by atoms with Crippen molar-refractivity contribution in [3.8, 4) is 0 Å². The fourth-order valence-corrected chi connectivity index (χ4v) is 4.72. The number of hydrogen-bond donors (Lipinski definition) is 4. The van der Waals surface area contributed by atoms with Gasteiger partial charge in [0.1, 0.15) is 17.6 Å². The number of benzene rings is 2. The van der Waals surface area contributed by atoms with Gasteiger partial charge >= 0.3 is 0 Å². The van der Waals surface area contributed by atoms with Crippen molar-refractivity contribution < 1.29 is 23.6 Å². The normalized spacial score (nSPS) is 17.5. The summed E-state index contributed by atoms with van der Waals surface area (Å²) in [6.07, 6.45) is 4.22. The minimum atomic E-state index is -2.09. The van der Waals surface area contributed by atoms with E-state index in [2.05, 4.69) is 25.9 Å². The van der Waals surface area contributed by atoms with Crippen molar-refractivity contribution in [1.29, 1.82) is 0 Å². The van der Waals surface area contributed by atoms with Crippen molar-refractivity contribution in [2.75, 3.05) is 6.54 Å². The molecule has 10 nitrogen and oxygen atoms in total. The molecule has 2 aromatic carbocycles. The highest BCUT2D eigenvalue weighted by Gasteiger charge is 2.52. The average molecular weight is 547 g/mol. The number of carbonyl (C=O) groups excluding carboxylic acids is 4. The third-order valence-corrected chi connectivity index (χ3v) is 7.05. The smallest absolute Gasteiger partial charge is 0.272 e. The van der Waals surface area contributed by atoms with Gasteiger partial charge in [-0.25, -0.2) is 9.37 Å². The van der Waals surface area contributed by atoms with Gasteiger partial charge in [-0.05, 0) is 42.2 Å². The molecule has 1 aromatic heterocycles. The highest BCUT2D eigenvalue weighted by Crippen LogP contribution is 2.32. The van der Waals surface area contributed by atoms with Crippen molar-refractivity contribution in [3.63, 3.8) is 0 Å². The van der Waals surface area contributed by atoms with E-state index >= 15 is 0 Å². The third-order valence-electron chi connectivity index (χ3n) is 7.05. The highest BCUT2D eigenvalue weighted by molar-refractivity contribution is 6.06. The van der Waals surface area contributed by atoms with E-state index in [0.717, 1.165) is 17.7 Å². The quantitative estimate of drug-likeness (QED) is 0.162. The van der Waals surface area contributed by atoms with Gasteiger partial charge in [0.25, 0.3) is 5.91 Å². The van der Waals surface area contributed by atoms with Crippen LogP contribution in [-0.4, -0.2) is 51.7 Å². The Hall–Kier alpha value is -4.51. The molecule has 0 saturated carbocycles. The Morgan fingerprint density at radius 2 is 1.80 bits per heavy atom. The zero-order chi connectivity index (χ0) is 28.9. The van der Waals surface area contributed by atoms with Crippen molar-refractivity contribution in [3.05, 3.63) is 95.8 Å². The topological polar surface area (TPSA) is 156 Å². The molecule has 0 spiro atoms. The molecule has 0 bridgehead atoms. The summed E-state index contributed by atoms with van der Waals surface area (Å²) in [7, 11) is 0. The second kappa shape index (κ2) is 12.1. The first kappa shape index (κ1) is 28.5. The van der Waals surface area contributed by atoms with Gasteiger partial charge in [-0.3, -0.25) is 24.2 Å². The van der Waals surface area contributed by atoms with Crippen LogP contribution in [0, 0.1) is 23.6 Å². The predicted molar refractivity (Wildman–Crippen MR) is 144 cm³/mol. The standard InChI is InChI=1S/C29H31FN6O4/c1-17(2)24(35-27(39)23-16-32-12-13-33-23)28(40)36-29(31,25(37)19-8-10-20(30)11-9-19)22(21-15-34-26(21)38)14-18-6-4-3-5-7-18/h3-13,16-17,21-22,24H,14-15,31H2,1-2H3,(H,34,38)(H,35,39)(H,36,40). The maximum atomic E-state index is 14.0. The van der Waals surface area contributed by atoms with Gasteiger partial charge in [0, 0.05) is 30.4 Å². The van der Waals surface area contributed by atoms with Crippen LogP contribution in [0.1, 0.15) is 40.3 Å². The van der Waals surface area contributed by atoms with Gasteiger partial charge in [0.05, 0.1) is 12.1 Å². The Bertz CT molecular complexity index is 1370. The molecule has 5 N–H and O–H groups in total. The van der Waals surface area contributed by atoms with E-state index in [9.17, 15) is 23.6 Å². The second-order valence-corrected chi connectivity index (χ2v) is 10.1. The van der Waals surface area contributed by atoms with E-state index in [1.807, 2.05) is 30.3 Å². The van der Waals surface area contributed by atoms with E-state index in [-0.39, 0.29) is 30.1 Å². The number of nitrogens with one attached hydrogen (secondary N) is 3. The van der Waals surface area contributed by atoms with E-state index in [1.54, 1.807) is 13.8 Å². The number of nitrogens with zero attached hydrogens (tertiary/aromatic N) is 2.